The molecular weight excluding hydrogens is 506 g/mol. The molecule has 0 saturated heterocycles. The smallest absolute Gasteiger partial charge is 0.422 e. The molecule has 1 aliphatic heterocycles. The van der Waals surface area contributed by atoms with Crippen LogP contribution in [0.1, 0.15) is 44.1 Å². The number of amides is 2. The van der Waals surface area contributed by atoms with Gasteiger partial charge in [-0.15, -0.1) is 0 Å². The number of aryl methyl sites for hydroxylation is 2. The fraction of sp³-hybridized carbons (Fsp3) is 0.308. The number of nitrogens with one attached hydrogen (secondary N) is 2. The first kappa shape index (κ1) is 26.7. The number of alkyl halides is 3. The highest BCUT2D eigenvalue weighted by molar-refractivity contribution is 6.08. The summed E-state index contributed by atoms with van der Waals surface area (Å²) in [7, 11) is 0. The minimum Gasteiger partial charge on any atom is -0.484 e. The van der Waals surface area contributed by atoms with Gasteiger partial charge in [-0.1, -0.05) is 18.2 Å². The number of benzene rings is 2. The van der Waals surface area contributed by atoms with Crippen LogP contribution in [-0.2, 0) is 12.8 Å². The van der Waals surface area contributed by atoms with Crippen LogP contribution in [0.2, 0.25) is 0 Å². The van der Waals surface area contributed by atoms with Crippen molar-refractivity contribution in [2.24, 2.45) is 0 Å². The molecular formula is C26H23F4N5O3. The van der Waals surface area contributed by atoms with Crippen LogP contribution in [0.3, 0.4) is 0 Å². The Morgan fingerprint density at radius 2 is 2.08 bits per heavy atom. The van der Waals surface area contributed by atoms with Crippen molar-refractivity contribution in [3.05, 3.63) is 76.4 Å². The summed E-state index contributed by atoms with van der Waals surface area (Å²) < 4.78 is 57.6. The van der Waals surface area contributed by atoms with E-state index in [0.29, 0.717) is 24.1 Å². The number of fused-ring (bicyclic) bond motifs is 1. The van der Waals surface area contributed by atoms with E-state index in [-0.39, 0.29) is 41.7 Å². The molecule has 0 radical (unpaired) electrons. The number of hydrogen-bond acceptors (Lipinski definition) is 5. The average molecular weight is 529 g/mol. The van der Waals surface area contributed by atoms with Crippen molar-refractivity contribution in [1.29, 1.82) is 5.26 Å². The molecule has 1 aliphatic rings. The molecule has 2 heterocycles. The Bertz CT molecular complexity index is 1410. The third-order valence-corrected chi connectivity index (χ3v) is 5.99. The molecule has 0 bridgehead atoms. The fourth-order valence-corrected chi connectivity index (χ4v) is 4.17. The second-order valence-electron chi connectivity index (χ2n) is 8.82. The molecule has 2 aromatic carbocycles. The van der Waals surface area contributed by atoms with Crippen LogP contribution in [-0.4, -0.2) is 47.0 Å². The number of hydrogen-bond donors (Lipinski definition) is 2. The molecule has 12 heteroatoms. The normalized spacial score (nSPS) is 14.8. The van der Waals surface area contributed by atoms with E-state index in [1.54, 1.807) is 31.2 Å². The molecule has 0 aliphatic carbocycles. The Morgan fingerprint density at radius 1 is 1.29 bits per heavy atom. The van der Waals surface area contributed by atoms with E-state index < -0.39 is 30.4 Å². The van der Waals surface area contributed by atoms with Crippen LogP contribution >= 0.6 is 0 Å². The molecule has 0 spiro atoms. The first-order chi connectivity index (χ1) is 18.1. The Kier molecular flexibility index (Phi) is 7.66. The highest BCUT2D eigenvalue weighted by Crippen LogP contribution is 2.26. The van der Waals surface area contributed by atoms with Crippen molar-refractivity contribution >= 4 is 11.8 Å². The zero-order valence-corrected chi connectivity index (χ0v) is 20.2. The highest BCUT2D eigenvalue weighted by Gasteiger charge is 2.34. The van der Waals surface area contributed by atoms with Gasteiger partial charge in [-0.05, 0) is 55.2 Å². The van der Waals surface area contributed by atoms with Gasteiger partial charge in [-0.2, -0.15) is 23.5 Å². The van der Waals surface area contributed by atoms with E-state index >= 15 is 0 Å². The zero-order chi connectivity index (χ0) is 27.4. The number of carbonyl (C=O) groups is 2. The number of ether oxygens (including phenoxy) is 1. The number of carbonyl (C=O) groups excluding carboxylic acids is 2. The van der Waals surface area contributed by atoms with Crippen LogP contribution in [0.4, 0.5) is 17.6 Å². The van der Waals surface area contributed by atoms with Crippen LogP contribution in [0.25, 0.3) is 5.69 Å². The average Bonchev–Trinajstić information content (AvgIpc) is 3.26. The first-order valence-electron chi connectivity index (χ1n) is 11.7. The standard InChI is InChI=1S/C26H23F4N5O3/c1-15-5-8-18(13-20(15)27)35-23(25(37)32-10-9-31)22-21(34-35)12-17(33-24(22)36)7-6-16-3-2-4-19(11-16)38-14-26(28,29)30/h2-5,8,11,13,17H,6-7,10,12,14H2,1H3,(H,32,37)(H,33,36). The SMILES string of the molecule is Cc1ccc(-n2nc3c(c2C(=O)NCC#N)C(=O)NC(CCc2cccc(OCC(F)(F)F)c2)C3)cc1F. The number of nitrogens with zero attached hydrogens (tertiary/aromatic N) is 3. The lowest BCUT2D eigenvalue weighted by atomic mass is 9.95. The van der Waals surface area contributed by atoms with Crippen LogP contribution in [0.5, 0.6) is 5.75 Å². The van der Waals surface area contributed by atoms with Gasteiger partial charge in [0.15, 0.2) is 6.61 Å². The molecule has 198 valence electrons. The maximum atomic E-state index is 14.3. The summed E-state index contributed by atoms with van der Waals surface area (Å²) >= 11 is 0. The van der Waals surface area contributed by atoms with Gasteiger partial charge in [0.25, 0.3) is 11.8 Å². The summed E-state index contributed by atoms with van der Waals surface area (Å²) in [5.74, 6) is -1.67. The third kappa shape index (κ3) is 6.11. The summed E-state index contributed by atoms with van der Waals surface area (Å²) in [5, 5.41) is 18.6. The maximum Gasteiger partial charge on any atom is 0.422 e. The number of aromatic nitrogens is 2. The second-order valence-corrected chi connectivity index (χ2v) is 8.82. The molecule has 1 atom stereocenters. The van der Waals surface area contributed by atoms with Gasteiger partial charge >= 0.3 is 6.18 Å². The number of nitriles is 1. The second kappa shape index (κ2) is 10.9. The minimum absolute atomic E-state index is 0.0419. The van der Waals surface area contributed by atoms with Crippen molar-refractivity contribution in [3.8, 4) is 17.5 Å². The molecule has 38 heavy (non-hydrogen) atoms. The molecule has 1 aromatic heterocycles. The van der Waals surface area contributed by atoms with Gasteiger partial charge in [0.2, 0.25) is 0 Å². The Labute approximate surface area is 215 Å². The molecule has 0 fully saturated rings. The van der Waals surface area contributed by atoms with Gasteiger partial charge in [-0.3, -0.25) is 9.59 Å². The van der Waals surface area contributed by atoms with Gasteiger partial charge in [0.1, 0.15) is 23.8 Å². The van der Waals surface area contributed by atoms with Gasteiger partial charge < -0.3 is 15.4 Å². The van der Waals surface area contributed by atoms with Crippen molar-refractivity contribution < 1.29 is 31.9 Å². The number of rotatable bonds is 8. The zero-order valence-electron chi connectivity index (χ0n) is 20.2. The molecule has 4 rings (SSSR count). The van der Waals surface area contributed by atoms with Crippen LogP contribution in [0.15, 0.2) is 42.5 Å². The third-order valence-electron chi connectivity index (χ3n) is 5.99. The fourth-order valence-electron chi connectivity index (χ4n) is 4.17. The van der Waals surface area contributed by atoms with E-state index in [2.05, 4.69) is 15.7 Å². The minimum atomic E-state index is -4.45. The Morgan fingerprint density at radius 3 is 2.79 bits per heavy atom. The van der Waals surface area contributed by atoms with E-state index in [0.717, 1.165) is 5.56 Å². The summed E-state index contributed by atoms with van der Waals surface area (Å²) in [4.78, 5) is 26.0. The monoisotopic (exact) mass is 529 g/mol. The van der Waals surface area contributed by atoms with E-state index in [4.69, 9.17) is 10.00 Å². The largest absolute Gasteiger partial charge is 0.484 e. The summed E-state index contributed by atoms with van der Waals surface area (Å²) in [6.45, 7) is -0.100. The summed E-state index contributed by atoms with van der Waals surface area (Å²) in [6, 6.07) is 12.0. The van der Waals surface area contributed by atoms with Crippen molar-refractivity contribution in [2.75, 3.05) is 13.2 Å². The van der Waals surface area contributed by atoms with E-state index in [1.165, 1.54) is 28.9 Å². The van der Waals surface area contributed by atoms with E-state index in [9.17, 15) is 27.2 Å². The predicted molar refractivity (Wildman–Crippen MR) is 127 cm³/mol. The molecule has 1 unspecified atom stereocenters. The summed E-state index contributed by atoms with van der Waals surface area (Å²) in [5.41, 5.74) is 1.63. The van der Waals surface area contributed by atoms with Gasteiger partial charge in [-0.25, -0.2) is 9.07 Å². The van der Waals surface area contributed by atoms with Crippen LogP contribution < -0.4 is 15.4 Å². The number of halogens is 4. The van der Waals surface area contributed by atoms with Crippen molar-refractivity contribution in [2.45, 2.75) is 38.4 Å². The van der Waals surface area contributed by atoms with Crippen LogP contribution in [0, 0.1) is 24.1 Å². The van der Waals surface area contributed by atoms with Gasteiger partial charge in [0.05, 0.1) is 23.0 Å². The molecule has 8 nitrogen and oxygen atoms in total. The van der Waals surface area contributed by atoms with Gasteiger partial charge in [0, 0.05) is 12.5 Å². The Hall–Kier alpha value is -4.40. The summed E-state index contributed by atoms with van der Waals surface area (Å²) in [6.07, 6.45) is -3.30. The first-order valence-corrected chi connectivity index (χ1v) is 11.7. The molecule has 3 aromatic rings. The molecule has 0 saturated carbocycles. The van der Waals surface area contributed by atoms with E-state index in [1.807, 2.05) is 0 Å². The highest BCUT2D eigenvalue weighted by atomic mass is 19.4. The lowest BCUT2D eigenvalue weighted by molar-refractivity contribution is -0.153. The lowest BCUT2D eigenvalue weighted by Gasteiger charge is -2.23. The van der Waals surface area contributed by atoms with Crippen molar-refractivity contribution in [1.82, 2.24) is 20.4 Å². The predicted octanol–water partition coefficient (Wildman–Crippen LogP) is 3.80. The quantitative estimate of drug-likeness (QED) is 0.341. The molecule has 2 amide bonds. The topological polar surface area (TPSA) is 109 Å². The lowest BCUT2D eigenvalue weighted by Crippen LogP contribution is -2.42. The maximum absolute atomic E-state index is 14.3. The van der Waals surface area contributed by atoms with Crippen molar-refractivity contribution in [3.63, 3.8) is 0 Å². The Balaban J connectivity index is 1.56. The molecule has 2 N–H and O–H groups in total.